The van der Waals surface area contributed by atoms with Gasteiger partial charge in [0.25, 0.3) is 10.1 Å². The predicted molar refractivity (Wildman–Crippen MR) is 50.3 cm³/mol. The van der Waals surface area contributed by atoms with Gasteiger partial charge in [-0.2, -0.15) is 8.42 Å². The van der Waals surface area contributed by atoms with E-state index in [2.05, 4.69) is 52.0 Å². The Kier molecular flexibility index (Phi) is 4.36. The molecular formula is C3H5Br3O3S. The van der Waals surface area contributed by atoms with Crippen molar-refractivity contribution in [1.82, 2.24) is 0 Å². The van der Waals surface area contributed by atoms with Gasteiger partial charge in [-0.05, 0) is 0 Å². The summed E-state index contributed by atoms with van der Waals surface area (Å²) in [6, 6.07) is 0. The topological polar surface area (TPSA) is 43.4 Å². The Balaban J connectivity index is 3.79. The largest absolute Gasteiger partial charge is 0.267 e. The van der Waals surface area contributed by atoms with Gasteiger partial charge in [0.2, 0.25) is 0 Å². The molecule has 0 rings (SSSR count). The zero-order valence-electron chi connectivity index (χ0n) is 4.97. The lowest BCUT2D eigenvalue weighted by Crippen LogP contribution is -2.14. The normalized spacial score (nSPS) is 13.6. The van der Waals surface area contributed by atoms with Gasteiger partial charge in [0, 0.05) is 0 Å². The maximum absolute atomic E-state index is 10.4. The quantitative estimate of drug-likeness (QED) is 0.557. The van der Waals surface area contributed by atoms with Gasteiger partial charge in [-0.1, -0.05) is 47.8 Å². The molecule has 0 heterocycles. The minimum absolute atomic E-state index is 0.00810. The van der Waals surface area contributed by atoms with Crippen molar-refractivity contribution >= 4 is 57.9 Å². The molecule has 0 radical (unpaired) electrons. The second-order valence-electron chi connectivity index (χ2n) is 1.58. The molecule has 0 aliphatic carbocycles. The molecule has 0 atom stereocenters. The molecule has 0 aromatic heterocycles. The van der Waals surface area contributed by atoms with Crippen LogP contribution in [0.5, 0.6) is 0 Å². The Labute approximate surface area is 85.0 Å². The third kappa shape index (κ3) is 9.35. The highest BCUT2D eigenvalue weighted by Gasteiger charge is 2.20. The van der Waals surface area contributed by atoms with Crippen molar-refractivity contribution in [3.05, 3.63) is 0 Å². The zero-order chi connectivity index (χ0) is 8.41. The van der Waals surface area contributed by atoms with E-state index in [9.17, 15) is 8.42 Å². The summed E-state index contributed by atoms with van der Waals surface area (Å²) in [6.45, 7) is -0.00810. The maximum atomic E-state index is 10.4. The van der Waals surface area contributed by atoms with Crippen LogP contribution in [0.25, 0.3) is 0 Å². The number of rotatable bonds is 2. The molecule has 0 aliphatic rings. The fourth-order valence-electron chi connectivity index (χ4n) is 0.174. The number of alkyl halides is 3. The van der Waals surface area contributed by atoms with Gasteiger partial charge in [0.05, 0.1) is 6.26 Å². The molecule has 0 fully saturated rings. The Morgan fingerprint density at radius 1 is 1.40 bits per heavy atom. The molecule has 0 spiro atoms. The van der Waals surface area contributed by atoms with E-state index >= 15 is 0 Å². The molecule has 3 nitrogen and oxygen atoms in total. The second-order valence-corrected chi connectivity index (χ2v) is 10.5. The summed E-state index contributed by atoms with van der Waals surface area (Å²) in [7, 11) is -3.35. The van der Waals surface area contributed by atoms with E-state index in [0.717, 1.165) is 6.26 Å². The molecule has 0 bridgehead atoms. The molecule has 0 aromatic rings. The fourth-order valence-corrected chi connectivity index (χ4v) is 1.36. The van der Waals surface area contributed by atoms with Crippen LogP contribution in [-0.2, 0) is 14.3 Å². The van der Waals surface area contributed by atoms with Crippen LogP contribution in [0.2, 0.25) is 0 Å². The second kappa shape index (κ2) is 3.84. The molecule has 0 aliphatic heterocycles. The molecule has 0 saturated heterocycles. The average Bonchev–Trinajstić information content (AvgIpc) is 1.57. The fraction of sp³-hybridized carbons (Fsp3) is 1.00. The number of halogens is 3. The van der Waals surface area contributed by atoms with E-state index < -0.39 is 12.3 Å². The summed E-state index contributed by atoms with van der Waals surface area (Å²) < 4.78 is 24.6. The Morgan fingerprint density at radius 2 is 1.80 bits per heavy atom. The third-order valence-electron chi connectivity index (χ3n) is 0.437. The van der Waals surface area contributed by atoms with Gasteiger partial charge in [-0.3, -0.25) is 4.18 Å². The number of hydrogen-bond acceptors (Lipinski definition) is 3. The van der Waals surface area contributed by atoms with Crippen molar-refractivity contribution in [1.29, 1.82) is 0 Å². The summed E-state index contributed by atoms with van der Waals surface area (Å²) in [5.74, 6) is 0. The average molecular weight is 361 g/mol. The van der Waals surface area contributed by atoms with Gasteiger partial charge >= 0.3 is 0 Å². The summed E-state index contributed by atoms with van der Waals surface area (Å²) >= 11 is 9.23. The molecule has 0 saturated carbocycles. The first-order chi connectivity index (χ1) is 4.21. The van der Waals surface area contributed by atoms with Crippen LogP contribution >= 0.6 is 47.8 Å². The first-order valence-corrected chi connectivity index (χ1v) is 6.31. The number of hydrogen-bond donors (Lipinski definition) is 0. The molecule has 0 amide bonds. The minimum Gasteiger partial charge on any atom is -0.267 e. The lowest BCUT2D eigenvalue weighted by molar-refractivity contribution is 0.338. The van der Waals surface area contributed by atoms with Crippen molar-refractivity contribution in [3.8, 4) is 0 Å². The molecule has 0 aromatic carbocycles. The van der Waals surface area contributed by atoms with Crippen molar-refractivity contribution < 1.29 is 12.6 Å². The van der Waals surface area contributed by atoms with Crippen LogP contribution in [0.1, 0.15) is 0 Å². The third-order valence-corrected chi connectivity index (χ3v) is 1.67. The van der Waals surface area contributed by atoms with Crippen LogP contribution in [0, 0.1) is 0 Å². The van der Waals surface area contributed by atoms with Crippen molar-refractivity contribution in [2.24, 2.45) is 0 Å². The summed E-state index contributed by atoms with van der Waals surface area (Å²) in [4.78, 5) is 0. The Bertz CT molecular complexity index is 192. The SMILES string of the molecule is CS(=O)(=O)OCC(Br)(Br)Br. The van der Waals surface area contributed by atoms with E-state index in [-0.39, 0.29) is 6.61 Å². The van der Waals surface area contributed by atoms with Gasteiger partial charge in [-0.15, -0.1) is 0 Å². The van der Waals surface area contributed by atoms with Crippen molar-refractivity contribution in [2.75, 3.05) is 12.9 Å². The standard InChI is InChI=1S/C3H5Br3O3S/c1-10(7,8)9-2-3(4,5)6/h2H2,1H3. The molecular weight excluding hydrogens is 356 g/mol. The first-order valence-electron chi connectivity index (χ1n) is 2.12. The Hall–Kier alpha value is 1.35. The Morgan fingerprint density at radius 3 is 1.90 bits per heavy atom. The molecule has 10 heavy (non-hydrogen) atoms. The van der Waals surface area contributed by atoms with E-state index in [4.69, 9.17) is 0 Å². The van der Waals surface area contributed by atoms with E-state index in [1.54, 1.807) is 0 Å². The highest BCUT2D eigenvalue weighted by Crippen LogP contribution is 2.33. The maximum Gasteiger partial charge on any atom is 0.264 e. The summed E-state index contributed by atoms with van der Waals surface area (Å²) in [5.41, 5.74) is 0. The molecule has 62 valence electrons. The summed E-state index contributed by atoms with van der Waals surface area (Å²) in [6.07, 6.45) is 0.992. The van der Waals surface area contributed by atoms with Crippen LogP contribution in [-0.4, -0.2) is 23.4 Å². The van der Waals surface area contributed by atoms with Crippen molar-refractivity contribution in [3.63, 3.8) is 0 Å². The highest BCUT2D eigenvalue weighted by atomic mass is 80.0. The lowest BCUT2D eigenvalue weighted by Gasteiger charge is -2.09. The van der Waals surface area contributed by atoms with Gasteiger partial charge in [0.1, 0.15) is 6.61 Å². The van der Waals surface area contributed by atoms with Gasteiger partial charge in [0.15, 0.2) is 2.14 Å². The highest BCUT2D eigenvalue weighted by molar-refractivity contribution is 9.39. The van der Waals surface area contributed by atoms with Gasteiger partial charge < -0.3 is 0 Å². The van der Waals surface area contributed by atoms with Crippen LogP contribution in [0.15, 0.2) is 0 Å². The lowest BCUT2D eigenvalue weighted by atomic mass is 10.9. The van der Waals surface area contributed by atoms with Gasteiger partial charge in [-0.25, -0.2) is 0 Å². The molecule has 7 heteroatoms. The zero-order valence-corrected chi connectivity index (χ0v) is 10.5. The van der Waals surface area contributed by atoms with E-state index in [0.29, 0.717) is 0 Å². The summed E-state index contributed by atoms with van der Waals surface area (Å²) in [5, 5.41) is 0. The predicted octanol–water partition coefficient (Wildman–Crippen LogP) is 1.80. The first kappa shape index (κ1) is 11.4. The van der Waals surface area contributed by atoms with Crippen LogP contribution < -0.4 is 0 Å². The van der Waals surface area contributed by atoms with E-state index in [1.807, 2.05) is 0 Å². The minimum atomic E-state index is -3.35. The smallest absolute Gasteiger partial charge is 0.264 e. The monoisotopic (exact) mass is 358 g/mol. The van der Waals surface area contributed by atoms with Crippen LogP contribution in [0.4, 0.5) is 0 Å². The molecule has 0 N–H and O–H groups in total. The molecule has 0 unspecified atom stereocenters. The van der Waals surface area contributed by atoms with Crippen LogP contribution in [0.3, 0.4) is 0 Å². The van der Waals surface area contributed by atoms with E-state index in [1.165, 1.54) is 0 Å². The van der Waals surface area contributed by atoms with Crippen molar-refractivity contribution in [2.45, 2.75) is 2.14 Å².